The Balaban J connectivity index is 2.10. The Morgan fingerprint density at radius 2 is 2.18 bits per heavy atom. The lowest BCUT2D eigenvalue weighted by molar-refractivity contribution is -0.131. The van der Waals surface area contributed by atoms with Gasteiger partial charge in [-0.2, -0.15) is 0 Å². The molecule has 1 aliphatic rings. The van der Waals surface area contributed by atoms with E-state index in [1.54, 1.807) is 12.0 Å². The minimum absolute atomic E-state index is 0.258. The summed E-state index contributed by atoms with van der Waals surface area (Å²) in [6.07, 6.45) is 2.10. The van der Waals surface area contributed by atoms with Crippen molar-refractivity contribution in [3.8, 4) is 5.75 Å². The van der Waals surface area contributed by atoms with Crippen LogP contribution in [0.2, 0.25) is 0 Å². The van der Waals surface area contributed by atoms with E-state index in [0.717, 1.165) is 24.2 Å². The first-order valence-corrected chi connectivity index (χ1v) is 6.00. The Morgan fingerprint density at radius 1 is 1.47 bits per heavy atom. The first-order valence-electron chi connectivity index (χ1n) is 6.00. The van der Waals surface area contributed by atoms with Crippen LogP contribution in [-0.2, 0) is 11.3 Å². The van der Waals surface area contributed by atoms with Crippen molar-refractivity contribution in [1.82, 2.24) is 4.90 Å². The zero-order valence-electron chi connectivity index (χ0n) is 10.7. The maximum Gasteiger partial charge on any atom is 0.225 e. The van der Waals surface area contributed by atoms with E-state index in [2.05, 4.69) is 6.07 Å². The predicted octanol–water partition coefficient (Wildman–Crippen LogP) is 2.37. The summed E-state index contributed by atoms with van der Waals surface area (Å²) >= 11 is 0. The van der Waals surface area contributed by atoms with Gasteiger partial charge in [0.15, 0.2) is 0 Å². The zero-order chi connectivity index (χ0) is 12.4. The zero-order valence-corrected chi connectivity index (χ0v) is 10.7. The second-order valence-electron chi connectivity index (χ2n) is 4.78. The summed E-state index contributed by atoms with van der Waals surface area (Å²) in [5, 5.41) is 0. The lowest BCUT2D eigenvalue weighted by Crippen LogP contribution is -2.27. The fourth-order valence-electron chi connectivity index (χ4n) is 2.01. The van der Waals surface area contributed by atoms with Gasteiger partial charge in [-0.1, -0.05) is 17.7 Å². The number of carbonyl (C=O) groups excluding carboxylic acids is 1. The van der Waals surface area contributed by atoms with Crippen LogP contribution in [0, 0.1) is 12.8 Å². The van der Waals surface area contributed by atoms with Gasteiger partial charge in [0.05, 0.1) is 7.11 Å². The van der Waals surface area contributed by atoms with Crippen molar-refractivity contribution in [3.63, 3.8) is 0 Å². The predicted molar refractivity (Wildman–Crippen MR) is 66.9 cm³/mol. The molecular formula is C14H19NO2. The molecule has 17 heavy (non-hydrogen) atoms. The van der Waals surface area contributed by atoms with Crippen LogP contribution in [0.3, 0.4) is 0 Å². The normalized spacial score (nSPS) is 14.5. The Labute approximate surface area is 102 Å². The number of benzene rings is 1. The molecule has 0 spiro atoms. The summed E-state index contributed by atoms with van der Waals surface area (Å²) < 4.78 is 5.32. The molecule has 0 atom stereocenters. The summed E-state index contributed by atoms with van der Waals surface area (Å²) in [7, 11) is 3.53. The molecule has 3 heteroatoms. The van der Waals surface area contributed by atoms with Crippen molar-refractivity contribution >= 4 is 5.91 Å². The van der Waals surface area contributed by atoms with Gasteiger partial charge in [-0.05, 0) is 25.8 Å². The molecule has 92 valence electrons. The average molecular weight is 233 g/mol. The van der Waals surface area contributed by atoms with E-state index in [-0.39, 0.29) is 11.8 Å². The highest BCUT2D eigenvalue weighted by atomic mass is 16.5. The minimum atomic E-state index is 0.258. The van der Waals surface area contributed by atoms with Gasteiger partial charge in [0.25, 0.3) is 0 Å². The highest BCUT2D eigenvalue weighted by Gasteiger charge is 2.32. The molecule has 1 aromatic rings. The Hall–Kier alpha value is -1.51. The fourth-order valence-corrected chi connectivity index (χ4v) is 2.01. The van der Waals surface area contributed by atoms with Crippen LogP contribution in [0.5, 0.6) is 5.75 Å². The van der Waals surface area contributed by atoms with E-state index < -0.39 is 0 Å². The van der Waals surface area contributed by atoms with E-state index in [4.69, 9.17) is 4.74 Å². The lowest BCUT2D eigenvalue weighted by atomic mass is 10.1. The highest BCUT2D eigenvalue weighted by molar-refractivity contribution is 5.80. The summed E-state index contributed by atoms with van der Waals surface area (Å²) in [5.41, 5.74) is 2.26. The molecule has 0 unspecified atom stereocenters. The van der Waals surface area contributed by atoms with Crippen LogP contribution in [0.4, 0.5) is 0 Å². The maximum atomic E-state index is 11.9. The number of aryl methyl sites for hydroxylation is 1. The number of hydrogen-bond acceptors (Lipinski definition) is 2. The van der Waals surface area contributed by atoms with Crippen LogP contribution in [-0.4, -0.2) is 25.0 Å². The van der Waals surface area contributed by atoms with Crippen LogP contribution < -0.4 is 4.74 Å². The molecule has 1 aromatic carbocycles. The van der Waals surface area contributed by atoms with Crippen LogP contribution in [0.15, 0.2) is 18.2 Å². The molecule has 0 heterocycles. The van der Waals surface area contributed by atoms with Gasteiger partial charge in [0.2, 0.25) is 5.91 Å². The van der Waals surface area contributed by atoms with Gasteiger partial charge in [0.1, 0.15) is 5.75 Å². The van der Waals surface area contributed by atoms with Gasteiger partial charge in [-0.15, -0.1) is 0 Å². The van der Waals surface area contributed by atoms with Crippen LogP contribution in [0.25, 0.3) is 0 Å². The molecule has 0 aromatic heterocycles. The molecule has 0 aliphatic heterocycles. The monoisotopic (exact) mass is 233 g/mol. The fraction of sp³-hybridized carbons (Fsp3) is 0.500. The second-order valence-corrected chi connectivity index (χ2v) is 4.78. The maximum absolute atomic E-state index is 11.9. The smallest absolute Gasteiger partial charge is 0.225 e. The molecule has 0 saturated heterocycles. The third-order valence-electron chi connectivity index (χ3n) is 3.15. The highest BCUT2D eigenvalue weighted by Crippen LogP contribution is 2.31. The first-order chi connectivity index (χ1) is 8.11. The third kappa shape index (κ3) is 2.78. The molecule has 1 aliphatic carbocycles. The van der Waals surface area contributed by atoms with Crippen LogP contribution >= 0.6 is 0 Å². The molecule has 1 amide bonds. The number of hydrogen-bond donors (Lipinski definition) is 0. The van der Waals surface area contributed by atoms with E-state index >= 15 is 0 Å². The molecule has 3 nitrogen and oxygen atoms in total. The second kappa shape index (κ2) is 4.78. The standard InChI is InChI=1S/C14H19NO2/c1-10-4-7-13(17-3)12(8-10)9-15(2)14(16)11-5-6-11/h4,7-8,11H,5-6,9H2,1-3H3. The van der Waals surface area contributed by atoms with E-state index in [0.29, 0.717) is 6.54 Å². The third-order valence-corrected chi connectivity index (χ3v) is 3.15. The molecule has 1 fully saturated rings. The van der Waals surface area contributed by atoms with Gasteiger partial charge in [-0.3, -0.25) is 4.79 Å². The summed E-state index contributed by atoms with van der Waals surface area (Å²) in [5.74, 6) is 1.38. The SMILES string of the molecule is COc1ccc(C)cc1CN(C)C(=O)C1CC1. The quantitative estimate of drug-likeness (QED) is 0.799. The molecule has 0 radical (unpaired) electrons. The molecular weight excluding hydrogens is 214 g/mol. The number of rotatable bonds is 4. The van der Waals surface area contributed by atoms with Crippen molar-refractivity contribution in [2.24, 2.45) is 5.92 Å². The van der Waals surface area contributed by atoms with Gasteiger partial charge in [-0.25, -0.2) is 0 Å². The summed E-state index contributed by atoms with van der Waals surface area (Å²) in [6, 6.07) is 6.06. The Bertz CT molecular complexity index is 424. The minimum Gasteiger partial charge on any atom is -0.496 e. The van der Waals surface area contributed by atoms with Crippen molar-refractivity contribution in [2.45, 2.75) is 26.3 Å². The largest absolute Gasteiger partial charge is 0.496 e. The van der Waals surface area contributed by atoms with Gasteiger partial charge >= 0.3 is 0 Å². The number of amides is 1. The molecule has 1 saturated carbocycles. The van der Waals surface area contributed by atoms with E-state index in [1.165, 1.54) is 5.56 Å². The summed E-state index contributed by atoms with van der Waals surface area (Å²) in [6.45, 7) is 2.67. The first kappa shape index (κ1) is 12.0. The Kier molecular flexibility index (Phi) is 3.36. The van der Waals surface area contributed by atoms with E-state index in [9.17, 15) is 4.79 Å². The van der Waals surface area contributed by atoms with E-state index in [1.807, 2.05) is 26.1 Å². The molecule has 0 bridgehead atoms. The number of ether oxygens (including phenoxy) is 1. The van der Waals surface area contributed by atoms with Crippen molar-refractivity contribution in [2.75, 3.05) is 14.2 Å². The summed E-state index contributed by atoms with van der Waals surface area (Å²) in [4.78, 5) is 13.7. The van der Waals surface area contributed by atoms with Crippen LogP contribution in [0.1, 0.15) is 24.0 Å². The van der Waals surface area contributed by atoms with Crippen molar-refractivity contribution in [3.05, 3.63) is 29.3 Å². The van der Waals surface area contributed by atoms with Crippen molar-refractivity contribution in [1.29, 1.82) is 0 Å². The number of carbonyl (C=O) groups is 1. The van der Waals surface area contributed by atoms with Gasteiger partial charge in [0, 0.05) is 25.1 Å². The molecule has 2 rings (SSSR count). The number of methoxy groups -OCH3 is 1. The van der Waals surface area contributed by atoms with Crippen molar-refractivity contribution < 1.29 is 9.53 Å². The lowest BCUT2D eigenvalue weighted by Gasteiger charge is -2.19. The van der Waals surface area contributed by atoms with Gasteiger partial charge < -0.3 is 9.64 Å². The Morgan fingerprint density at radius 3 is 2.76 bits per heavy atom. The molecule has 0 N–H and O–H groups in total. The number of nitrogens with zero attached hydrogens (tertiary/aromatic N) is 1. The topological polar surface area (TPSA) is 29.5 Å². The average Bonchev–Trinajstić information content (AvgIpc) is 3.12.